The Morgan fingerprint density at radius 1 is 1.24 bits per heavy atom. The zero-order valence-corrected chi connectivity index (χ0v) is 14.4. The van der Waals surface area contributed by atoms with Gasteiger partial charge >= 0.3 is 0 Å². The highest BCUT2D eigenvalue weighted by Crippen LogP contribution is 2.25. The van der Waals surface area contributed by atoms with E-state index in [9.17, 15) is 9.18 Å². The lowest BCUT2D eigenvalue weighted by Gasteiger charge is -2.09. The lowest BCUT2D eigenvalue weighted by molar-refractivity contribution is 0.102. The number of hydrogen-bond acceptors (Lipinski definition) is 3. The maximum Gasteiger partial charge on any atom is 0.261 e. The number of benzene rings is 2. The average Bonchev–Trinajstić information content (AvgIpc) is 2.85. The minimum atomic E-state index is -0.622. The highest BCUT2D eigenvalue weighted by atomic mass is 35.5. The van der Waals surface area contributed by atoms with E-state index in [0.29, 0.717) is 5.69 Å². The smallest absolute Gasteiger partial charge is 0.261 e. The van der Waals surface area contributed by atoms with Crippen LogP contribution in [-0.4, -0.2) is 15.7 Å². The van der Waals surface area contributed by atoms with Crippen molar-refractivity contribution in [3.63, 3.8) is 0 Å². The van der Waals surface area contributed by atoms with Crippen LogP contribution in [0.1, 0.15) is 21.6 Å². The molecule has 0 aliphatic rings. The highest BCUT2D eigenvalue weighted by molar-refractivity contribution is 6.30. The molecule has 0 unspecified atom stereocenters. The van der Waals surface area contributed by atoms with Crippen LogP contribution in [0.4, 0.5) is 15.9 Å². The summed E-state index contributed by atoms with van der Waals surface area (Å²) in [5.74, 6) is -0.960. The van der Waals surface area contributed by atoms with Gasteiger partial charge in [0, 0.05) is 5.02 Å². The van der Waals surface area contributed by atoms with Crippen LogP contribution in [0.25, 0.3) is 5.69 Å². The third-order valence-electron chi connectivity index (χ3n) is 3.85. The number of rotatable bonds is 3. The molecule has 0 saturated carbocycles. The van der Waals surface area contributed by atoms with E-state index in [1.807, 2.05) is 31.2 Å². The summed E-state index contributed by atoms with van der Waals surface area (Å²) in [5.41, 5.74) is 8.57. The summed E-state index contributed by atoms with van der Waals surface area (Å²) < 4.78 is 15.4. The Labute approximate surface area is 149 Å². The van der Waals surface area contributed by atoms with E-state index < -0.39 is 11.7 Å². The predicted molar refractivity (Wildman–Crippen MR) is 96.8 cm³/mol. The number of para-hydroxylation sites is 1. The van der Waals surface area contributed by atoms with Gasteiger partial charge in [0.25, 0.3) is 5.91 Å². The molecule has 1 aromatic heterocycles. The number of carbonyl (C=O) groups is 1. The molecule has 3 rings (SSSR count). The van der Waals surface area contributed by atoms with E-state index >= 15 is 0 Å². The molecule has 0 bridgehead atoms. The Morgan fingerprint density at radius 3 is 2.64 bits per heavy atom. The normalized spacial score (nSPS) is 10.7. The van der Waals surface area contributed by atoms with Crippen LogP contribution >= 0.6 is 11.6 Å². The van der Waals surface area contributed by atoms with Crippen LogP contribution in [0.3, 0.4) is 0 Å². The molecule has 0 atom stereocenters. The molecule has 0 saturated heterocycles. The summed E-state index contributed by atoms with van der Waals surface area (Å²) in [6.45, 7) is 3.60. The van der Waals surface area contributed by atoms with E-state index in [1.54, 1.807) is 6.92 Å². The molecule has 7 heteroatoms. The zero-order chi connectivity index (χ0) is 18.1. The molecule has 0 aliphatic heterocycles. The Kier molecular flexibility index (Phi) is 4.46. The first kappa shape index (κ1) is 17.0. The maximum atomic E-state index is 13.9. The summed E-state index contributed by atoms with van der Waals surface area (Å²) in [5, 5.41) is 7.11. The van der Waals surface area contributed by atoms with E-state index in [2.05, 4.69) is 10.4 Å². The van der Waals surface area contributed by atoms with Gasteiger partial charge in [-0.25, -0.2) is 9.07 Å². The molecular formula is C18H16ClFN4O. The van der Waals surface area contributed by atoms with Crippen LogP contribution < -0.4 is 11.1 Å². The van der Waals surface area contributed by atoms with Crippen molar-refractivity contribution >= 4 is 29.0 Å². The summed E-state index contributed by atoms with van der Waals surface area (Å²) in [6.07, 6.45) is 0. The average molecular weight is 359 g/mol. The van der Waals surface area contributed by atoms with Gasteiger partial charge in [-0.15, -0.1) is 0 Å². The zero-order valence-electron chi connectivity index (χ0n) is 13.7. The van der Waals surface area contributed by atoms with Gasteiger partial charge in [-0.2, -0.15) is 5.10 Å². The molecule has 3 aromatic rings. The second kappa shape index (κ2) is 6.57. The fraction of sp³-hybridized carbons (Fsp3) is 0.111. The third kappa shape index (κ3) is 3.21. The lowest BCUT2D eigenvalue weighted by Crippen LogP contribution is -2.16. The van der Waals surface area contributed by atoms with E-state index in [1.165, 1.54) is 16.8 Å². The molecule has 128 valence electrons. The van der Waals surface area contributed by atoms with Crippen molar-refractivity contribution in [2.45, 2.75) is 13.8 Å². The minimum Gasteiger partial charge on any atom is -0.383 e. The van der Waals surface area contributed by atoms with Crippen LogP contribution in [0.5, 0.6) is 0 Å². The van der Waals surface area contributed by atoms with Gasteiger partial charge in [0.1, 0.15) is 17.2 Å². The molecule has 0 fully saturated rings. The first-order valence-electron chi connectivity index (χ1n) is 7.56. The fourth-order valence-corrected chi connectivity index (χ4v) is 2.74. The summed E-state index contributed by atoms with van der Waals surface area (Å²) >= 11 is 5.72. The molecule has 25 heavy (non-hydrogen) atoms. The van der Waals surface area contributed by atoms with Crippen LogP contribution in [0, 0.1) is 19.7 Å². The molecule has 1 amide bonds. The molecule has 0 spiro atoms. The Hall–Kier alpha value is -2.86. The first-order chi connectivity index (χ1) is 11.9. The molecule has 0 radical (unpaired) electrons. The van der Waals surface area contributed by atoms with E-state index in [0.717, 1.165) is 17.3 Å². The van der Waals surface area contributed by atoms with Gasteiger partial charge < -0.3 is 11.1 Å². The van der Waals surface area contributed by atoms with Gasteiger partial charge in [0.05, 0.1) is 17.1 Å². The van der Waals surface area contributed by atoms with Crippen molar-refractivity contribution in [2.24, 2.45) is 0 Å². The first-order valence-corrected chi connectivity index (χ1v) is 7.93. The number of halogens is 2. The van der Waals surface area contributed by atoms with Crippen molar-refractivity contribution in [3.8, 4) is 5.69 Å². The maximum absolute atomic E-state index is 13.9. The quantitative estimate of drug-likeness (QED) is 0.739. The second-order valence-electron chi connectivity index (χ2n) is 5.62. The second-order valence-corrected chi connectivity index (χ2v) is 6.06. The number of nitrogens with one attached hydrogen (secondary N) is 1. The van der Waals surface area contributed by atoms with Gasteiger partial charge in [-0.3, -0.25) is 4.79 Å². The van der Waals surface area contributed by atoms with Crippen molar-refractivity contribution in [1.29, 1.82) is 0 Å². The molecule has 2 aromatic carbocycles. The van der Waals surface area contributed by atoms with Crippen molar-refractivity contribution in [3.05, 3.63) is 70.1 Å². The van der Waals surface area contributed by atoms with Crippen LogP contribution in [-0.2, 0) is 0 Å². The van der Waals surface area contributed by atoms with Crippen molar-refractivity contribution in [1.82, 2.24) is 9.78 Å². The van der Waals surface area contributed by atoms with E-state index in [-0.39, 0.29) is 22.1 Å². The Bertz CT molecular complexity index is 968. The number of aromatic nitrogens is 2. The number of aryl methyl sites for hydroxylation is 2. The van der Waals surface area contributed by atoms with Crippen LogP contribution in [0.15, 0.2) is 42.5 Å². The summed E-state index contributed by atoms with van der Waals surface area (Å²) in [7, 11) is 0. The van der Waals surface area contributed by atoms with Crippen molar-refractivity contribution < 1.29 is 9.18 Å². The number of nitrogens with zero attached hydrogens (tertiary/aromatic N) is 2. The third-order valence-corrected chi connectivity index (χ3v) is 4.08. The van der Waals surface area contributed by atoms with Gasteiger partial charge in [-0.1, -0.05) is 29.8 Å². The van der Waals surface area contributed by atoms with E-state index in [4.69, 9.17) is 17.3 Å². The largest absolute Gasteiger partial charge is 0.383 e. The Balaban J connectivity index is 1.98. The predicted octanol–water partition coefficient (Wildman–Crippen LogP) is 4.12. The Morgan fingerprint density at radius 2 is 1.96 bits per heavy atom. The van der Waals surface area contributed by atoms with Gasteiger partial charge in [0.15, 0.2) is 0 Å². The molecule has 1 heterocycles. The van der Waals surface area contributed by atoms with Crippen LogP contribution in [0.2, 0.25) is 5.02 Å². The van der Waals surface area contributed by atoms with Gasteiger partial charge in [-0.05, 0) is 43.7 Å². The SMILES string of the molecule is Cc1ccccc1-n1nc(C)c(C(=O)Nc2ccc(Cl)cc2F)c1N. The summed E-state index contributed by atoms with van der Waals surface area (Å²) in [4.78, 5) is 12.6. The molecule has 5 nitrogen and oxygen atoms in total. The van der Waals surface area contributed by atoms with Gasteiger partial charge in [0.2, 0.25) is 0 Å². The molecular weight excluding hydrogens is 343 g/mol. The fourth-order valence-electron chi connectivity index (χ4n) is 2.59. The number of carbonyl (C=O) groups excluding carboxylic acids is 1. The number of hydrogen-bond donors (Lipinski definition) is 2. The number of anilines is 2. The monoisotopic (exact) mass is 358 g/mol. The minimum absolute atomic E-state index is 0.0249. The molecule has 0 aliphatic carbocycles. The summed E-state index contributed by atoms with van der Waals surface area (Å²) in [6, 6.07) is 11.6. The molecule has 3 N–H and O–H groups in total. The topological polar surface area (TPSA) is 72.9 Å². The van der Waals surface area contributed by atoms with Crippen molar-refractivity contribution in [2.75, 3.05) is 11.1 Å². The lowest BCUT2D eigenvalue weighted by atomic mass is 10.2. The highest BCUT2D eigenvalue weighted by Gasteiger charge is 2.22. The number of nitrogens with two attached hydrogens (primary N) is 1. The number of amides is 1. The number of nitrogen functional groups attached to an aromatic ring is 1. The standard InChI is InChI=1S/C18H16ClFN4O/c1-10-5-3-4-6-15(10)24-17(21)16(11(2)23-24)18(25)22-14-8-7-12(19)9-13(14)20/h3-9H,21H2,1-2H3,(H,22,25).